The van der Waals surface area contributed by atoms with Crippen molar-refractivity contribution in [3.05, 3.63) is 0 Å². The zero-order valence-corrected chi connectivity index (χ0v) is 6.43. The largest absolute Gasteiger partial charge is 0.394 e. The van der Waals surface area contributed by atoms with Crippen LogP contribution in [0.1, 0.15) is 0 Å². The third kappa shape index (κ3) is 5.11. The molecule has 2 atom stereocenters. The Labute approximate surface area is 65.2 Å². The molecule has 11 heavy (non-hydrogen) atoms. The van der Waals surface area contributed by atoms with Crippen molar-refractivity contribution in [3.63, 3.8) is 0 Å². The zero-order valence-electron chi connectivity index (χ0n) is 6.43. The van der Waals surface area contributed by atoms with Gasteiger partial charge in [-0.25, -0.2) is 0 Å². The van der Waals surface area contributed by atoms with E-state index in [0.29, 0.717) is 0 Å². The molecule has 0 aromatic heterocycles. The van der Waals surface area contributed by atoms with E-state index in [1.165, 1.54) is 7.11 Å². The Kier molecular flexibility index (Phi) is 6.39. The molecular formula is C6H14O5. The number of aliphatic hydroxyl groups is 3. The molecule has 0 saturated carbocycles. The van der Waals surface area contributed by atoms with E-state index in [0.717, 1.165) is 0 Å². The SMILES string of the molecule is COC(CO)OCC(O)CO. The van der Waals surface area contributed by atoms with Crippen molar-refractivity contribution in [1.29, 1.82) is 0 Å². The molecule has 0 bridgehead atoms. The van der Waals surface area contributed by atoms with E-state index in [9.17, 15) is 0 Å². The highest BCUT2D eigenvalue weighted by molar-refractivity contribution is 4.50. The van der Waals surface area contributed by atoms with Gasteiger partial charge < -0.3 is 24.8 Å². The van der Waals surface area contributed by atoms with Gasteiger partial charge in [0.1, 0.15) is 6.10 Å². The molecule has 2 unspecified atom stereocenters. The number of methoxy groups -OCH3 is 1. The second-order valence-corrected chi connectivity index (χ2v) is 2.02. The van der Waals surface area contributed by atoms with E-state index in [1.807, 2.05) is 0 Å². The summed E-state index contributed by atoms with van der Waals surface area (Å²) in [4.78, 5) is 0. The Hall–Kier alpha value is -0.200. The highest BCUT2D eigenvalue weighted by Crippen LogP contribution is 1.93. The summed E-state index contributed by atoms with van der Waals surface area (Å²) < 4.78 is 9.44. The standard InChI is InChI=1S/C6H14O5/c1-10-6(3-8)11-4-5(9)2-7/h5-9H,2-4H2,1H3. The summed E-state index contributed by atoms with van der Waals surface area (Å²) in [6.07, 6.45) is -1.64. The molecule has 0 aliphatic carbocycles. The van der Waals surface area contributed by atoms with Gasteiger partial charge in [-0.15, -0.1) is 0 Å². The second kappa shape index (κ2) is 6.51. The lowest BCUT2D eigenvalue weighted by Crippen LogP contribution is -2.27. The molecule has 0 radical (unpaired) electrons. The zero-order chi connectivity index (χ0) is 8.69. The van der Waals surface area contributed by atoms with Crippen LogP contribution in [-0.2, 0) is 9.47 Å². The molecule has 0 spiro atoms. The van der Waals surface area contributed by atoms with Gasteiger partial charge in [0.15, 0.2) is 6.29 Å². The summed E-state index contributed by atoms with van der Waals surface area (Å²) in [6.45, 7) is -0.675. The maximum Gasteiger partial charge on any atom is 0.180 e. The van der Waals surface area contributed by atoms with Crippen molar-refractivity contribution < 1.29 is 24.8 Å². The van der Waals surface area contributed by atoms with Crippen LogP contribution >= 0.6 is 0 Å². The molecule has 3 N–H and O–H groups in total. The summed E-state index contributed by atoms with van der Waals surface area (Å²) >= 11 is 0. The molecule has 5 heteroatoms. The van der Waals surface area contributed by atoms with Gasteiger partial charge in [-0.1, -0.05) is 0 Å². The fraction of sp³-hybridized carbons (Fsp3) is 1.00. The Morgan fingerprint density at radius 1 is 1.27 bits per heavy atom. The van der Waals surface area contributed by atoms with Gasteiger partial charge in [-0.2, -0.15) is 0 Å². The minimum Gasteiger partial charge on any atom is -0.394 e. The van der Waals surface area contributed by atoms with E-state index in [4.69, 9.17) is 20.1 Å². The van der Waals surface area contributed by atoms with Crippen LogP contribution in [0, 0.1) is 0 Å². The number of ether oxygens (including phenoxy) is 2. The Morgan fingerprint density at radius 2 is 1.91 bits per heavy atom. The van der Waals surface area contributed by atoms with Crippen LogP contribution in [0.15, 0.2) is 0 Å². The predicted molar refractivity (Wildman–Crippen MR) is 36.9 cm³/mol. The van der Waals surface area contributed by atoms with Crippen LogP contribution < -0.4 is 0 Å². The number of hydrogen-bond donors (Lipinski definition) is 3. The minimum absolute atomic E-state index is 0.0461. The molecule has 0 fully saturated rings. The maximum atomic E-state index is 8.79. The quantitative estimate of drug-likeness (QED) is 0.411. The molecular weight excluding hydrogens is 152 g/mol. The van der Waals surface area contributed by atoms with Crippen molar-refractivity contribution in [2.75, 3.05) is 26.9 Å². The van der Waals surface area contributed by atoms with Crippen LogP contribution in [-0.4, -0.2) is 54.6 Å². The molecule has 0 aliphatic rings. The van der Waals surface area contributed by atoms with E-state index in [2.05, 4.69) is 4.74 Å². The van der Waals surface area contributed by atoms with Gasteiger partial charge in [0.2, 0.25) is 0 Å². The molecule has 68 valence electrons. The van der Waals surface area contributed by atoms with E-state index < -0.39 is 12.4 Å². The van der Waals surface area contributed by atoms with Crippen molar-refractivity contribution in [1.82, 2.24) is 0 Å². The topological polar surface area (TPSA) is 79.2 Å². The van der Waals surface area contributed by atoms with Crippen molar-refractivity contribution in [3.8, 4) is 0 Å². The van der Waals surface area contributed by atoms with Crippen LogP contribution in [0.2, 0.25) is 0 Å². The van der Waals surface area contributed by atoms with Crippen molar-refractivity contribution >= 4 is 0 Å². The van der Waals surface area contributed by atoms with Gasteiger partial charge >= 0.3 is 0 Å². The average molecular weight is 166 g/mol. The average Bonchev–Trinajstić information content (AvgIpc) is 2.06. The molecule has 0 aromatic rings. The Morgan fingerprint density at radius 3 is 2.27 bits per heavy atom. The first-order valence-electron chi connectivity index (χ1n) is 3.28. The lowest BCUT2D eigenvalue weighted by atomic mass is 10.4. The second-order valence-electron chi connectivity index (χ2n) is 2.02. The van der Waals surface area contributed by atoms with E-state index >= 15 is 0 Å². The predicted octanol–water partition coefficient (Wildman–Crippen LogP) is -1.68. The van der Waals surface area contributed by atoms with Crippen molar-refractivity contribution in [2.45, 2.75) is 12.4 Å². The first kappa shape index (κ1) is 10.8. The smallest absolute Gasteiger partial charge is 0.180 e. The number of aliphatic hydroxyl groups excluding tert-OH is 3. The number of hydrogen-bond acceptors (Lipinski definition) is 5. The lowest BCUT2D eigenvalue weighted by Gasteiger charge is -2.14. The minimum atomic E-state index is -0.917. The first-order valence-corrected chi connectivity index (χ1v) is 3.28. The normalized spacial score (nSPS) is 16.4. The van der Waals surface area contributed by atoms with Crippen LogP contribution in [0.5, 0.6) is 0 Å². The molecule has 0 saturated heterocycles. The van der Waals surface area contributed by atoms with Crippen LogP contribution in [0.25, 0.3) is 0 Å². The third-order valence-electron chi connectivity index (χ3n) is 1.10. The lowest BCUT2D eigenvalue weighted by molar-refractivity contribution is -0.163. The van der Waals surface area contributed by atoms with Crippen molar-refractivity contribution in [2.24, 2.45) is 0 Å². The first-order chi connectivity index (χ1) is 5.24. The molecule has 0 rings (SSSR count). The van der Waals surface area contributed by atoms with Gasteiger partial charge in [0.05, 0.1) is 19.8 Å². The molecule has 0 aromatic carbocycles. The molecule has 0 aliphatic heterocycles. The monoisotopic (exact) mass is 166 g/mol. The summed E-state index contributed by atoms with van der Waals surface area (Å²) in [6, 6.07) is 0. The maximum absolute atomic E-state index is 8.79. The summed E-state index contributed by atoms with van der Waals surface area (Å²) in [5.41, 5.74) is 0. The third-order valence-corrected chi connectivity index (χ3v) is 1.10. The van der Waals surface area contributed by atoms with Gasteiger partial charge in [0, 0.05) is 7.11 Å². The Bertz CT molecular complexity index is 83.0. The molecule has 5 nitrogen and oxygen atoms in total. The summed E-state index contributed by atoms with van der Waals surface area (Å²) in [5, 5.41) is 25.7. The van der Waals surface area contributed by atoms with Gasteiger partial charge in [0.25, 0.3) is 0 Å². The molecule has 0 heterocycles. The highest BCUT2D eigenvalue weighted by Gasteiger charge is 2.08. The van der Waals surface area contributed by atoms with Gasteiger partial charge in [-0.3, -0.25) is 0 Å². The molecule has 0 amide bonds. The van der Waals surface area contributed by atoms with Crippen LogP contribution in [0.4, 0.5) is 0 Å². The fourth-order valence-corrected chi connectivity index (χ4v) is 0.466. The number of rotatable bonds is 6. The summed E-state index contributed by atoms with van der Waals surface area (Å²) in [7, 11) is 1.38. The highest BCUT2D eigenvalue weighted by atomic mass is 16.7. The van der Waals surface area contributed by atoms with E-state index in [1.54, 1.807) is 0 Å². The summed E-state index contributed by atoms with van der Waals surface area (Å²) in [5.74, 6) is 0. The van der Waals surface area contributed by atoms with Gasteiger partial charge in [-0.05, 0) is 0 Å². The van der Waals surface area contributed by atoms with E-state index in [-0.39, 0.29) is 19.8 Å². The fourth-order valence-electron chi connectivity index (χ4n) is 0.466. The Balaban J connectivity index is 3.34. The van der Waals surface area contributed by atoms with Crippen LogP contribution in [0.3, 0.4) is 0 Å².